The lowest BCUT2D eigenvalue weighted by molar-refractivity contribution is -0.122. The average molecular weight is 269 g/mol. The molecule has 100 valence electrons. The molecular formula is C14H21ClN2O. The van der Waals surface area contributed by atoms with E-state index < -0.39 is 6.04 Å². The second-order valence-corrected chi connectivity index (χ2v) is 5.01. The smallest absolute Gasteiger partial charge is 0.237 e. The SMILES string of the molecule is CC1CC1CNC(=O)C(N)Cc1ccccc1.Cl. The van der Waals surface area contributed by atoms with Crippen LogP contribution in [0.3, 0.4) is 0 Å². The van der Waals surface area contributed by atoms with Gasteiger partial charge in [0, 0.05) is 6.54 Å². The van der Waals surface area contributed by atoms with E-state index in [1.807, 2.05) is 30.3 Å². The first kappa shape index (κ1) is 15.0. The summed E-state index contributed by atoms with van der Waals surface area (Å²) in [5, 5.41) is 2.93. The number of amides is 1. The molecule has 3 nitrogen and oxygen atoms in total. The van der Waals surface area contributed by atoms with Crippen molar-refractivity contribution >= 4 is 18.3 Å². The van der Waals surface area contributed by atoms with E-state index in [1.165, 1.54) is 6.42 Å². The second-order valence-electron chi connectivity index (χ2n) is 5.01. The average Bonchev–Trinajstić information content (AvgIpc) is 3.03. The highest BCUT2D eigenvalue weighted by molar-refractivity contribution is 5.85. The van der Waals surface area contributed by atoms with Crippen molar-refractivity contribution in [1.82, 2.24) is 5.32 Å². The molecule has 0 radical (unpaired) electrons. The molecule has 1 amide bonds. The highest BCUT2D eigenvalue weighted by Crippen LogP contribution is 2.36. The predicted octanol–water partition coefficient (Wildman–Crippen LogP) is 1.75. The summed E-state index contributed by atoms with van der Waals surface area (Å²) < 4.78 is 0. The fraction of sp³-hybridized carbons (Fsp3) is 0.500. The second kappa shape index (κ2) is 6.76. The molecule has 1 fully saturated rings. The number of carbonyl (C=O) groups excluding carboxylic acids is 1. The first-order chi connectivity index (χ1) is 8.16. The lowest BCUT2D eigenvalue weighted by atomic mass is 10.1. The number of carbonyl (C=O) groups is 1. The third kappa shape index (κ3) is 4.31. The molecule has 0 heterocycles. The van der Waals surface area contributed by atoms with Gasteiger partial charge >= 0.3 is 0 Å². The van der Waals surface area contributed by atoms with Crippen molar-refractivity contribution in [2.75, 3.05) is 6.54 Å². The molecule has 0 spiro atoms. The minimum Gasteiger partial charge on any atom is -0.354 e. The van der Waals surface area contributed by atoms with E-state index in [0.29, 0.717) is 12.3 Å². The predicted molar refractivity (Wildman–Crippen MR) is 75.7 cm³/mol. The minimum absolute atomic E-state index is 0. The number of nitrogens with one attached hydrogen (secondary N) is 1. The van der Waals surface area contributed by atoms with E-state index >= 15 is 0 Å². The van der Waals surface area contributed by atoms with Crippen molar-refractivity contribution in [3.8, 4) is 0 Å². The number of hydrogen-bond acceptors (Lipinski definition) is 2. The fourth-order valence-electron chi connectivity index (χ4n) is 2.01. The fourth-order valence-corrected chi connectivity index (χ4v) is 2.01. The van der Waals surface area contributed by atoms with Gasteiger partial charge in [0.15, 0.2) is 0 Å². The van der Waals surface area contributed by atoms with Crippen molar-refractivity contribution in [3.05, 3.63) is 35.9 Å². The quantitative estimate of drug-likeness (QED) is 0.855. The summed E-state index contributed by atoms with van der Waals surface area (Å²) in [4.78, 5) is 11.8. The molecule has 1 aliphatic rings. The normalized spacial score (nSPS) is 22.8. The summed E-state index contributed by atoms with van der Waals surface area (Å²) in [6.07, 6.45) is 1.83. The van der Waals surface area contributed by atoms with Crippen molar-refractivity contribution in [2.45, 2.75) is 25.8 Å². The largest absolute Gasteiger partial charge is 0.354 e. The van der Waals surface area contributed by atoms with E-state index in [9.17, 15) is 4.79 Å². The summed E-state index contributed by atoms with van der Waals surface area (Å²) >= 11 is 0. The summed E-state index contributed by atoms with van der Waals surface area (Å²) in [6.45, 7) is 2.99. The maximum atomic E-state index is 11.8. The number of nitrogens with two attached hydrogens (primary N) is 1. The molecule has 18 heavy (non-hydrogen) atoms. The Labute approximate surface area is 115 Å². The van der Waals surface area contributed by atoms with E-state index in [4.69, 9.17) is 5.73 Å². The Morgan fingerprint density at radius 2 is 2.06 bits per heavy atom. The van der Waals surface area contributed by atoms with E-state index in [2.05, 4.69) is 12.2 Å². The topological polar surface area (TPSA) is 55.1 Å². The van der Waals surface area contributed by atoms with Crippen molar-refractivity contribution in [1.29, 1.82) is 0 Å². The van der Waals surface area contributed by atoms with Crippen molar-refractivity contribution < 1.29 is 4.79 Å². The zero-order valence-corrected chi connectivity index (χ0v) is 11.5. The third-order valence-electron chi connectivity index (χ3n) is 3.45. The molecule has 0 bridgehead atoms. The van der Waals surface area contributed by atoms with Crippen LogP contribution in [0, 0.1) is 11.8 Å². The Hall–Kier alpha value is -1.06. The van der Waals surface area contributed by atoms with Crippen LogP contribution in [0.1, 0.15) is 18.9 Å². The molecule has 1 saturated carbocycles. The van der Waals surface area contributed by atoms with E-state index in [0.717, 1.165) is 18.0 Å². The first-order valence-electron chi connectivity index (χ1n) is 6.24. The lowest BCUT2D eigenvalue weighted by Crippen LogP contribution is -2.42. The molecule has 0 aromatic heterocycles. The van der Waals surface area contributed by atoms with Crippen LogP contribution in [0.2, 0.25) is 0 Å². The highest BCUT2D eigenvalue weighted by atomic mass is 35.5. The van der Waals surface area contributed by atoms with Gasteiger partial charge in [0.2, 0.25) is 5.91 Å². The van der Waals surface area contributed by atoms with Crippen LogP contribution in [0.4, 0.5) is 0 Å². The number of hydrogen-bond donors (Lipinski definition) is 2. The van der Waals surface area contributed by atoms with Crippen LogP contribution in [0.5, 0.6) is 0 Å². The molecule has 3 unspecified atom stereocenters. The monoisotopic (exact) mass is 268 g/mol. The lowest BCUT2D eigenvalue weighted by Gasteiger charge is -2.12. The Balaban J connectivity index is 0.00000162. The minimum atomic E-state index is -0.438. The summed E-state index contributed by atoms with van der Waals surface area (Å²) in [5.74, 6) is 1.40. The summed E-state index contributed by atoms with van der Waals surface area (Å²) in [7, 11) is 0. The van der Waals surface area contributed by atoms with Gasteiger partial charge in [-0.25, -0.2) is 0 Å². The maximum Gasteiger partial charge on any atom is 0.237 e. The molecule has 2 rings (SSSR count). The van der Waals surface area contributed by atoms with Crippen LogP contribution in [-0.2, 0) is 11.2 Å². The van der Waals surface area contributed by atoms with Gasteiger partial charge in [-0.15, -0.1) is 12.4 Å². The molecule has 0 aliphatic heterocycles. The highest BCUT2D eigenvalue weighted by Gasteiger charge is 2.32. The van der Waals surface area contributed by atoms with Crippen molar-refractivity contribution in [3.63, 3.8) is 0 Å². The maximum absolute atomic E-state index is 11.8. The van der Waals surface area contributed by atoms with Gasteiger partial charge in [-0.05, 0) is 30.2 Å². The van der Waals surface area contributed by atoms with Crippen LogP contribution < -0.4 is 11.1 Å². The Bertz CT molecular complexity index is 383. The van der Waals surface area contributed by atoms with Gasteiger partial charge in [0.05, 0.1) is 6.04 Å². The molecule has 1 aliphatic carbocycles. The standard InChI is InChI=1S/C14H20N2O.ClH/c1-10-7-12(10)9-16-14(17)13(15)8-11-5-3-2-4-6-11;/h2-6,10,12-13H,7-9,15H2,1H3,(H,16,17);1H. The molecule has 3 atom stereocenters. The zero-order valence-electron chi connectivity index (χ0n) is 10.6. The van der Waals surface area contributed by atoms with Gasteiger partial charge in [0.1, 0.15) is 0 Å². The molecular weight excluding hydrogens is 248 g/mol. The van der Waals surface area contributed by atoms with Gasteiger partial charge in [-0.3, -0.25) is 4.79 Å². The Kier molecular flexibility index (Phi) is 5.63. The molecule has 0 saturated heterocycles. The number of halogens is 1. The molecule has 1 aromatic carbocycles. The zero-order chi connectivity index (χ0) is 12.3. The van der Waals surface area contributed by atoms with Gasteiger partial charge in [-0.1, -0.05) is 37.3 Å². The third-order valence-corrected chi connectivity index (χ3v) is 3.45. The van der Waals surface area contributed by atoms with E-state index in [-0.39, 0.29) is 18.3 Å². The van der Waals surface area contributed by atoms with Crippen LogP contribution in [-0.4, -0.2) is 18.5 Å². The molecule has 4 heteroatoms. The van der Waals surface area contributed by atoms with Crippen molar-refractivity contribution in [2.24, 2.45) is 17.6 Å². The molecule has 1 aromatic rings. The van der Waals surface area contributed by atoms with Crippen LogP contribution >= 0.6 is 12.4 Å². The first-order valence-corrected chi connectivity index (χ1v) is 6.24. The van der Waals surface area contributed by atoms with Gasteiger partial charge in [-0.2, -0.15) is 0 Å². The summed E-state index contributed by atoms with van der Waals surface area (Å²) in [6, 6.07) is 9.44. The summed E-state index contributed by atoms with van der Waals surface area (Å²) in [5.41, 5.74) is 6.98. The van der Waals surface area contributed by atoms with Gasteiger partial charge in [0.25, 0.3) is 0 Å². The van der Waals surface area contributed by atoms with Crippen LogP contribution in [0.15, 0.2) is 30.3 Å². The van der Waals surface area contributed by atoms with Gasteiger partial charge < -0.3 is 11.1 Å². The number of rotatable bonds is 5. The Morgan fingerprint density at radius 3 is 2.61 bits per heavy atom. The van der Waals surface area contributed by atoms with E-state index in [1.54, 1.807) is 0 Å². The van der Waals surface area contributed by atoms with Crippen LogP contribution in [0.25, 0.3) is 0 Å². The Morgan fingerprint density at radius 1 is 1.44 bits per heavy atom. The number of benzene rings is 1. The molecule has 3 N–H and O–H groups in total.